The Morgan fingerprint density at radius 2 is 1.89 bits per heavy atom. The number of carboxylic acid groups (broad SMARTS) is 1. The Morgan fingerprint density at radius 1 is 1.24 bits per heavy atom. The number of benzene rings is 2. The molecule has 0 radical (unpaired) electrons. The van der Waals surface area contributed by atoms with Gasteiger partial charge in [0.25, 0.3) is 5.91 Å². The summed E-state index contributed by atoms with van der Waals surface area (Å²) in [5, 5.41) is 21.2. The topological polar surface area (TPSA) is 107 Å². The second-order valence-electron chi connectivity index (χ2n) is 10.6. The normalized spacial score (nSPS) is 32.2. The van der Waals surface area contributed by atoms with E-state index in [1.54, 1.807) is 61.5 Å². The van der Waals surface area contributed by atoms with E-state index in [2.05, 4.69) is 6.58 Å². The number of amides is 2. The largest absolute Gasteiger partial charge is 0.481 e. The van der Waals surface area contributed by atoms with Crippen LogP contribution in [-0.4, -0.2) is 63.3 Å². The van der Waals surface area contributed by atoms with Crippen molar-refractivity contribution in [2.75, 3.05) is 18.1 Å². The number of halogens is 1. The fourth-order valence-corrected chi connectivity index (χ4v) is 7.19. The molecule has 8 nitrogen and oxygen atoms in total. The number of hydrogen-bond acceptors (Lipinski definition) is 5. The van der Waals surface area contributed by atoms with Crippen molar-refractivity contribution in [1.29, 1.82) is 0 Å². The van der Waals surface area contributed by atoms with Crippen LogP contribution in [0.4, 0.5) is 5.69 Å². The Morgan fingerprint density at radius 3 is 2.50 bits per heavy atom. The fourth-order valence-electron chi connectivity index (χ4n) is 6.95. The van der Waals surface area contributed by atoms with Gasteiger partial charge in [-0.1, -0.05) is 67.1 Å². The molecule has 7 atom stereocenters. The third kappa shape index (κ3) is 3.61. The molecule has 5 rings (SSSR count). The predicted molar refractivity (Wildman–Crippen MR) is 142 cm³/mol. The first kappa shape index (κ1) is 26.4. The van der Waals surface area contributed by atoms with E-state index in [-0.39, 0.29) is 12.5 Å². The smallest absolute Gasteiger partial charge is 0.310 e. The van der Waals surface area contributed by atoms with E-state index in [9.17, 15) is 24.6 Å². The molecule has 200 valence electrons. The summed E-state index contributed by atoms with van der Waals surface area (Å²) >= 11 is 6.50. The molecule has 3 aliphatic heterocycles. The highest BCUT2D eigenvalue weighted by Gasteiger charge is 2.80. The quantitative estimate of drug-likeness (QED) is 0.496. The average molecular weight is 539 g/mol. The molecule has 2 N–H and O–H groups in total. The van der Waals surface area contributed by atoms with Crippen LogP contribution in [0.5, 0.6) is 0 Å². The number of aliphatic hydroxyl groups is 1. The van der Waals surface area contributed by atoms with Gasteiger partial charge in [0, 0.05) is 6.54 Å². The summed E-state index contributed by atoms with van der Waals surface area (Å²) in [6.45, 7) is 7.06. The van der Waals surface area contributed by atoms with Crippen molar-refractivity contribution in [1.82, 2.24) is 4.90 Å². The molecule has 3 unspecified atom stereocenters. The van der Waals surface area contributed by atoms with Crippen LogP contribution in [0.2, 0.25) is 5.02 Å². The highest BCUT2D eigenvalue weighted by molar-refractivity contribution is 6.34. The van der Waals surface area contributed by atoms with E-state index < -0.39 is 59.5 Å². The highest BCUT2D eigenvalue weighted by atomic mass is 35.5. The maximum Gasteiger partial charge on any atom is 0.310 e. The summed E-state index contributed by atoms with van der Waals surface area (Å²) in [5.41, 5.74) is -1.43. The van der Waals surface area contributed by atoms with Crippen LogP contribution >= 0.6 is 11.6 Å². The lowest BCUT2D eigenvalue weighted by Crippen LogP contribution is -2.57. The Kier molecular flexibility index (Phi) is 6.62. The first-order valence-electron chi connectivity index (χ1n) is 12.7. The minimum atomic E-state index is -1.38. The van der Waals surface area contributed by atoms with Crippen LogP contribution in [0, 0.1) is 17.8 Å². The van der Waals surface area contributed by atoms with Gasteiger partial charge in [-0.25, -0.2) is 0 Å². The molecule has 0 aromatic heterocycles. The lowest BCUT2D eigenvalue weighted by atomic mass is 9.62. The van der Waals surface area contributed by atoms with E-state index in [0.717, 1.165) is 0 Å². The lowest BCUT2D eigenvalue weighted by Gasteiger charge is -2.39. The third-order valence-electron chi connectivity index (χ3n) is 8.67. The number of carboxylic acids is 1. The molecule has 2 amide bonds. The lowest BCUT2D eigenvalue weighted by molar-refractivity contribution is -0.157. The van der Waals surface area contributed by atoms with Gasteiger partial charge in [0.05, 0.1) is 34.9 Å². The van der Waals surface area contributed by atoms with Crippen molar-refractivity contribution >= 4 is 35.1 Å². The van der Waals surface area contributed by atoms with Crippen molar-refractivity contribution in [3.63, 3.8) is 0 Å². The van der Waals surface area contributed by atoms with Gasteiger partial charge in [-0.05, 0) is 37.0 Å². The number of aliphatic hydroxyl groups excluding tert-OH is 1. The number of hydrogen-bond donors (Lipinski definition) is 2. The first-order chi connectivity index (χ1) is 18.1. The van der Waals surface area contributed by atoms with Crippen LogP contribution in [0.1, 0.15) is 31.9 Å². The molecule has 38 heavy (non-hydrogen) atoms. The Labute approximate surface area is 226 Å². The summed E-state index contributed by atoms with van der Waals surface area (Å²) in [4.78, 5) is 44.3. The van der Waals surface area contributed by atoms with Gasteiger partial charge in [-0.15, -0.1) is 6.58 Å². The zero-order valence-electron chi connectivity index (χ0n) is 21.3. The van der Waals surface area contributed by atoms with E-state index in [1.807, 2.05) is 13.0 Å². The minimum absolute atomic E-state index is 0.103. The number of fused-ring (bicyclic) bond motifs is 1. The van der Waals surface area contributed by atoms with Gasteiger partial charge in [-0.3, -0.25) is 14.4 Å². The van der Waals surface area contributed by atoms with Gasteiger partial charge in [0.15, 0.2) is 0 Å². The van der Waals surface area contributed by atoms with Crippen molar-refractivity contribution in [2.24, 2.45) is 17.8 Å². The number of rotatable bonds is 8. The predicted octanol–water partition coefficient (Wildman–Crippen LogP) is 3.69. The van der Waals surface area contributed by atoms with Gasteiger partial charge < -0.3 is 24.7 Å². The maximum atomic E-state index is 14.6. The van der Waals surface area contributed by atoms with Crippen molar-refractivity contribution in [2.45, 2.75) is 43.6 Å². The molecule has 3 saturated heterocycles. The molecule has 0 aliphatic carbocycles. The SMILES string of the molecule is C=CCN(C(=O)C1N([C@H](CO)c2ccccc2)C(=O)[C@@H]2[C@@H](C(=O)O)[C@]3(C)OC12CC3C)c1ccccc1Cl. The van der Waals surface area contributed by atoms with Crippen molar-refractivity contribution in [3.05, 3.63) is 77.8 Å². The molecule has 0 saturated carbocycles. The summed E-state index contributed by atoms with van der Waals surface area (Å²) in [5.74, 6) is -4.55. The van der Waals surface area contributed by atoms with Crippen LogP contribution in [0.15, 0.2) is 67.3 Å². The van der Waals surface area contributed by atoms with Crippen LogP contribution in [0.25, 0.3) is 0 Å². The summed E-state index contributed by atoms with van der Waals surface area (Å²) < 4.78 is 6.59. The molecule has 3 heterocycles. The number of ether oxygens (including phenoxy) is 1. The van der Waals surface area contributed by atoms with Crippen LogP contribution in [0.3, 0.4) is 0 Å². The van der Waals surface area contributed by atoms with E-state index in [0.29, 0.717) is 22.7 Å². The highest BCUT2D eigenvalue weighted by Crippen LogP contribution is 2.66. The zero-order valence-corrected chi connectivity index (χ0v) is 22.0. The summed E-state index contributed by atoms with van der Waals surface area (Å²) in [7, 11) is 0. The molecule has 3 aliphatic rings. The minimum Gasteiger partial charge on any atom is -0.481 e. The van der Waals surface area contributed by atoms with Gasteiger partial charge in [0.1, 0.15) is 17.6 Å². The monoisotopic (exact) mass is 538 g/mol. The molecule has 2 aromatic carbocycles. The number of carbonyl (C=O) groups excluding carboxylic acids is 2. The second kappa shape index (κ2) is 9.52. The second-order valence-corrected chi connectivity index (χ2v) is 11.0. The van der Waals surface area contributed by atoms with Gasteiger partial charge in [0.2, 0.25) is 5.91 Å². The number of carbonyl (C=O) groups is 3. The Bertz CT molecular complexity index is 1290. The zero-order chi connectivity index (χ0) is 27.4. The van der Waals surface area contributed by atoms with Gasteiger partial charge in [-0.2, -0.15) is 0 Å². The Hall–Kier alpha value is -3.20. The maximum absolute atomic E-state index is 14.6. The number of aliphatic carboxylic acids is 1. The molecular formula is C29H31ClN2O6. The van der Waals surface area contributed by atoms with Crippen LogP contribution < -0.4 is 4.90 Å². The molecule has 2 bridgehead atoms. The standard InChI is InChI=1S/C29H31ClN2O6/c1-4-14-31(20-13-9-8-12-19(20)30)26(35)24-29-15-17(2)28(3,38-29)23(27(36)37)22(29)25(34)32(24)21(16-33)18-10-6-5-7-11-18/h4-13,17,21-24,33H,1,14-16H2,2-3H3,(H,36,37)/t17?,21-,22+,23+,24?,28-,29?/m1/s1. The molecule has 2 aromatic rings. The fraction of sp³-hybridized carbons (Fsp3) is 0.414. The number of anilines is 1. The number of para-hydroxylation sites is 1. The van der Waals surface area contributed by atoms with Crippen molar-refractivity contribution in [3.8, 4) is 0 Å². The number of likely N-dealkylation sites (tertiary alicyclic amines) is 1. The van der Waals surface area contributed by atoms with Crippen LogP contribution in [-0.2, 0) is 19.1 Å². The molecule has 9 heteroatoms. The molecule has 1 spiro atoms. The van der Waals surface area contributed by atoms with Gasteiger partial charge >= 0.3 is 5.97 Å². The van der Waals surface area contributed by atoms with E-state index >= 15 is 0 Å². The first-order valence-corrected chi connectivity index (χ1v) is 13.1. The van der Waals surface area contributed by atoms with E-state index in [1.165, 1.54) is 9.80 Å². The molecular weight excluding hydrogens is 508 g/mol. The summed E-state index contributed by atoms with van der Waals surface area (Å²) in [6, 6.07) is 13.7. The number of nitrogens with zero attached hydrogens (tertiary/aromatic N) is 2. The average Bonchev–Trinajstić information content (AvgIpc) is 3.41. The molecule has 3 fully saturated rings. The third-order valence-corrected chi connectivity index (χ3v) is 8.99. The summed E-state index contributed by atoms with van der Waals surface area (Å²) in [6.07, 6.45) is 1.89. The van der Waals surface area contributed by atoms with Crippen molar-refractivity contribution < 1.29 is 29.3 Å². The Balaban J connectivity index is 1.71. The van der Waals surface area contributed by atoms with E-state index in [4.69, 9.17) is 16.3 Å².